The van der Waals surface area contributed by atoms with Crippen LogP contribution in [0.25, 0.3) is 43.2 Å². The number of aromatic nitrogens is 2. The minimum Gasteiger partial charge on any atom is -0.512 e. The number of nitrogens with zero attached hydrogens (tertiary/aromatic N) is 2. The molecule has 4 nitrogen and oxygen atoms in total. The molecule has 1 radical (unpaired) electrons. The predicted octanol–water partition coefficient (Wildman–Crippen LogP) is 13.2. The molecule has 0 amide bonds. The van der Waals surface area contributed by atoms with E-state index in [0.29, 0.717) is 5.92 Å². The molecule has 285 valence electrons. The second kappa shape index (κ2) is 17.1. The molecule has 1 aliphatic rings. The van der Waals surface area contributed by atoms with Crippen molar-refractivity contribution < 1.29 is 30.0 Å². The Kier molecular flexibility index (Phi) is 13.7. The van der Waals surface area contributed by atoms with Crippen molar-refractivity contribution in [3.8, 4) is 22.4 Å². The molecule has 6 heteroatoms. The Bertz CT molecular complexity index is 2090. The quantitative estimate of drug-likeness (QED) is 0.0861. The summed E-state index contributed by atoms with van der Waals surface area (Å²) in [4.78, 5) is 23.3. The molecular weight excluding hydrogens is 849 g/mol. The van der Waals surface area contributed by atoms with Gasteiger partial charge in [0.15, 0.2) is 5.78 Å². The number of ketones is 1. The number of aliphatic hydroxyl groups excluding tert-OH is 1. The molecule has 3 aromatic heterocycles. The Labute approximate surface area is 336 Å². The maximum atomic E-state index is 12.2. The first-order valence-corrected chi connectivity index (χ1v) is 20.2. The van der Waals surface area contributed by atoms with Crippen LogP contribution in [0.15, 0.2) is 66.8 Å². The number of carbonyl (C=O) groups is 1. The van der Waals surface area contributed by atoms with Crippen LogP contribution < -0.4 is 0 Å². The van der Waals surface area contributed by atoms with Crippen molar-refractivity contribution in [3.05, 3.63) is 94.5 Å². The van der Waals surface area contributed by atoms with Crippen molar-refractivity contribution in [1.29, 1.82) is 0 Å². The summed E-state index contributed by atoms with van der Waals surface area (Å²) in [7, 11) is 0. The second-order valence-corrected chi connectivity index (χ2v) is 17.8. The fourth-order valence-corrected chi connectivity index (χ4v) is 8.53. The van der Waals surface area contributed by atoms with Crippen LogP contribution >= 0.6 is 11.3 Å². The third-order valence-corrected chi connectivity index (χ3v) is 13.0. The summed E-state index contributed by atoms with van der Waals surface area (Å²) >= 11 is 1.92. The van der Waals surface area contributed by atoms with Crippen LogP contribution in [-0.2, 0) is 49.6 Å². The molecular formula is C47H59IrN2O2S-. The molecule has 0 aliphatic heterocycles. The van der Waals surface area contributed by atoms with Crippen LogP contribution in [0.4, 0.5) is 0 Å². The van der Waals surface area contributed by atoms with Crippen LogP contribution in [0.1, 0.15) is 123 Å². The minimum absolute atomic E-state index is 0. The number of aliphatic hydroxyl groups is 1. The van der Waals surface area contributed by atoms with Crippen LogP contribution in [0.5, 0.6) is 0 Å². The van der Waals surface area contributed by atoms with E-state index in [-0.39, 0.29) is 47.9 Å². The average molecular weight is 908 g/mol. The number of pyridine rings is 2. The summed E-state index contributed by atoms with van der Waals surface area (Å²) in [5.74, 6) is 0.901. The van der Waals surface area contributed by atoms with Crippen molar-refractivity contribution in [2.45, 2.75) is 127 Å². The van der Waals surface area contributed by atoms with Crippen LogP contribution in [0.3, 0.4) is 0 Å². The Hall–Kier alpha value is -3.18. The van der Waals surface area contributed by atoms with E-state index in [2.05, 4.69) is 89.5 Å². The molecule has 5 aromatic rings. The van der Waals surface area contributed by atoms with Crippen LogP contribution in [-0.4, -0.2) is 20.9 Å². The van der Waals surface area contributed by atoms with Crippen molar-refractivity contribution >= 4 is 38.0 Å². The van der Waals surface area contributed by atoms with Gasteiger partial charge < -0.3 is 5.11 Å². The van der Waals surface area contributed by atoms with Gasteiger partial charge in [0, 0.05) is 76.4 Å². The van der Waals surface area contributed by atoms with Gasteiger partial charge in [0.2, 0.25) is 0 Å². The van der Waals surface area contributed by atoms with Gasteiger partial charge in [-0.1, -0.05) is 105 Å². The minimum atomic E-state index is -0.337. The van der Waals surface area contributed by atoms with Gasteiger partial charge in [-0.2, -0.15) is 0 Å². The van der Waals surface area contributed by atoms with Gasteiger partial charge in [0.05, 0.1) is 0 Å². The molecule has 6 rings (SSSR count). The topological polar surface area (TPSA) is 63.1 Å². The number of rotatable bonds is 10. The van der Waals surface area contributed by atoms with E-state index >= 15 is 0 Å². The van der Waals surface area contributed by atoms with Crippen molar-refractivity contribution in [2.24, 2.45) is 16.7 Å². The zero-order valence-corrected chi connectivity index (χ0v) is 37.0. The number of carbonyl (C=O) groups excluding carboxylic acids is 1. The zero-order chi connectivity index (χ0) is 38.0. The van der Waals surface area contributed by atoms with E-state index in [1.54, 1.807) is 0 Å². The Morgan fingerprint density at radius 1 is 0.943 bits per heavy atom. The molecule has 0 fully saturated rings. The number of thiophene rings is 1. The summed E-state index contributed by atoms with van der Waals surface area (Å²) in [6.07, 6.45) is 14.2. The van der Waals surface area contributed by atoms with Crippen molar-refractivity contribution in [1.82, 2.24) is 9.97 Å². The average Bonchev–Trinajstić information content (AvgIpc) is 3.53. The van der Waals surface area contributed by atoms with E-state index < -0.39 is 0 Å². The molecule has 0 unspecified atom stereocenters. The summed E-state index contributed by atoms with van der Waals surface area (Å²) in [5, 5.41) is 13.8. The SMILES string of the molecule is CC(C)Cc1cncc2c1CCc1sc3ccnc(-c4[c-]c5ccccc5c(C(C)(C)C)c4)c3c1-2.CCC(C)(CC)C(=O)/C=C(\O)C(C)(CC)CC.[Ir]. The van der Waals surface area contributed by atoms with E-state index in [1.807, 2.05) is 59.1 Å². The fraction of sp³-hybridized carbons (Fsp3) is 0.468. The number of benzene rings is 2. The number of hydrogen-bond donors (Lipinski definition) is 1. The van der Waals surface area contributed by atoms with Crippen LogP contribution in [0.2, 0.25) is 0 Å². The first-order valence-electron chi connectivity index (χ1n) is 19.4. The molecule has 0 bridgehead atoms. The molecule has 0 atom stereocenters. The maximum absolute atomic E-state index is 12.2. The van der Waals surface area contributed by atoms with Gasteiger partial charge in [-0.05, 0) is 84.4 Å². The molecule has 53 heavy (non-hydrogen) atoms. The van der Waals surface area contributed by atoms with Gasteiger partial charge >= 0.3 is 0 Å². The van der Waals surface area contributed by atoms with Crippen molar-refractivity contribution in [3.63, 3.8) is 0 Å². The van der Waals surface area contributed by atoms with Gasteiger partial charge in [-0.25, -0.2) is 0 Å². The van der Waals surface area contributed by atoms with Crippen LogP contribution in [0, 0.1) is 22.8 Å². The number of allylic oxidation sites excluding steroid dienone is 2. The third-order valence-electron chi connectivity index (χ3n) is 11.8. The van der Waals surface area contributed by atoms with Gasteiger partial charge in [0.25, 0.3) is 0 Å². The number of aryl methyl sites for hydroxylation is 1. The summed E-state index contributed by atoms with van der Waals surface area (Å²) < 4.78 is 1.31. The zero-order valence-electron chi connectivity index (χ0n) is 33.8. The molecule has 0 spiro atoms. The number of hydrogen-bond acceptors (Lipinski definition) is 5. The molecule has 0 saturated carbocycles. The first-order chi connectivity index (χ1) is 24.6. The monoisotopic (exact) mass is 908 g/mol. The Morgan fingerprint density at radius 2 is 1.60 bits per heavy atom. The van der Waals surface area contributed by atoms with Gasteiger partial charge in [-0.15, -0.1) is 40.5 Å². The van der Waals surface area contributed by atoms with E-state index in [0.717, 1.165) is 61.6 Å². The largest absolute Gasteiger partial charge is 0.512 e. The van der Waals surface area contributed by atoms with Gasteiger partial charge in [-0.3, -0.25) is 14.8 Å². The van der Waals surface area contributed by atoms with E-state index in [9.17, 15) is 9.90 Å². The Balaban J connectivity index is 0.000000299. The standard InChI is InChI=1S/C32H31N2S.C15H28O2.Ir/c1-19(2)14-22-17-33-18-25-23(22)10-11-27-29(25)30-28(35-27)12-13-34-31(30)21-15-20-8-6-7-9-24(20)26(16-21)32(3,4)5;1-7-14(5,8-2)12(16)11-13(17)15(6,9-3)10-4;/h6-9,12-13,16-19H,10-11,14H2,1-5H3;11,16H,7-10H2,1-6H3;/q-1;;/b;12-11-;. The Morgan fingerprint density at radius 3 is 2.23 bits per heavy atom. The smallest absolute Gasteiger partial charge is 0.164 e. The third kappa shape index (κ3) is 8.71. The predicted molar refractivity (Wildman–Crippen MR) is 222 cm³/mol. The maximum Gasteiger partial charge on any atom is 0.164 e. The number of fused-ring (bicyclic) bond motifs is 6. The summed E-state index contributed by atoms with van der Waals surface area (Å²) in [6.45, 7) is 23.5. The van der Waals surface area contributed by atoms with E-state index in [4.69, 9.17) is 9.97 Å². The molecule has 1 N–H and O–H groups in total. The molecule has 0 saturated heterocycles. The van der Waals surface area contributed by atoms with Crippen molar-refractivity contribution in [2.75, 3.05) is 0 Å². The second-order valence-electron chi connectivity index (χ2n) is 16.7. The molecule has 3 heterocycles. The molecule has 1 aliphatic carbocycles. The first kappa shape index (κ1) is 42.6. The fourth-order valence-electron chi connectivity index (χ4n) is 7.32. The normalized spacial score (nSPS) is 13.3. The summed E-state index contributed by atoms with van der Waals surface area (Å²) in [6, 6.07) is 16.9. The van der Waals surface area contributed by atoms with Gasteiger partial charge in [0.1, 0.15) is 5.76 Å². The summed E-state index contributed by atoms with van der Waals surface area (Å²) in [5.41, 5.74) is 8.42. The molecule has 2 aromatic carbocycles. The van der Waals surface area contributed by atoms with E-state index in [1.165, 1.54) is 54.2 Å².